The molecule has 0 saturated heterocycles. The van der Waals surface area contributed by atoms with Crippen molar-refractivity contribution in [3.8, 4) is 0 Å². The Morgan fingerprint density at radius 2 is 1.62 bits per heavy atom. The molecule has 0 radical (unpaired) electrons. The zero-order valence-corrected chi connectivity index (χ0v) is 15.5. The first-order valence-corrected chi connectivity index (χ1v) is 9.07. The maximum atomic E-state index is 13.0. The smallest absolute Gasteiger partial charge is 0.203 e. The van der Waals surface area contributed by atoms with Gasteiger partial charge in [0.05, 0.1) is 8.66 Å². The quantitative estimate of drug-likeness (QED) is 0.618. The van der Waals surface area contributed by atoms with Crippen LogP contribution in [-0.2, 0) is 19.3 Å². The summed E-state index contributed by atoms with van der Waals surface area (Å²) in [5, 5.41) is 0. The van der Waals surface area contributed by atoms with Crippen molar-refractivity contribution in [1.29, 1.82) is 0 Å². The molecule has 0 bridgehead atoms. The van der Waals surface area contributed by atoms with Crippen LogP contribution in [0.5, 0.6) is 0 Å². The predicted molar refractivity (Wildman–Crippen MR) is 94.8 cm³/mol. The van der Waals surface area contributed by atoms with Crippen molar-refractivity contribution in [2.45, 2.75) is 47.0 Å². The minimum Gasteiger partial charge on any atom is -0.288 e. The molecule has 1 nitrogen and oxygen atoms in total. The average Bonchev–Trinajstić information content (AvgIpc) is 2.84. The van der Waals surface area contributed by atoms with E-state index in [0.29, 0.717) is 0 Å². The van der Waals surface area contributed by atoms with Crippen LogP contribution in [-0.4, -0.2) is 5.78 Å². The van der Waals surface area contributed by atoms with E-state index < -0.39 is 0 Å². The van der Waals surface area contributed by atoms with Crippen LogP contribution in [0.1, 0.15) is 58.3 Å². The van der Waals surface area contributed by atoms with Gasteiger partial charge in [-0.1, -0.05) is 32.9 Å². The predicted octanol–water partition coefficient (Wildman–Crippen LogP) is 5.74. The normalized spacial score (nSPS) is 10.9. The number of hydrogen-bond acceptors (Lipinski definition) is 2. The number of benzene rings is 1. The molecule has 0 amide bonds. The van der Waals surface area contributed by atoms with Crippen LogP contribution >= 0.6 is 27.3 Å². The summed E-state index contributed by atoms with van der Waals surface area (Å²) in [5.74, 6) is 0.171. The fourth-order valence-electron chi connectivity index (χ4n) is 2.59. The van der Waals surface area contributed by atoms with Crippen LogP contribution < -0.4 is 0 Å². The second kappa shape index (κ2) is 6.89. The van der Waals surface area contributed by atoms with Gasteiger partial charge in [0, 0.05) is 5.56 Å². The van der Waals surface area contributed by atoms with E-state index >= 15 is 0 Å². The summed E-state index contributed by atoms with van der Waals surface area (Å²) in [5.41, 5.74) is 5.73. The lowest BCUT2D eigenvalue weighted by molar-refractivity contribution is 0.104. The number of halogens is 1. The molecule has 0 spiro atoms. The summed E-state index contributed by atoms with van der Waals surface area (Å²) in [6.45, 7) is 8.44. The van der Waals surface area contributed by atoms with Gasteiger partial charge < -0.3 is 0 Å². The Hall–Kier alpha value is -0.930. The molecular weight excluding hydrogens is 344 g/mol. The van der Waals surface area contributed by atoms with Crippen LogP contribution in [0, 0.1) is 6.92 Å². The molecule has 1 aromatic heterocycles. The lowest BCUT2D eigenvalue weighted by atomic mass is 9.90. The monoisotopic (exact) mass is 364 g/mol. The van der Waals surface area contributed by atoms with Gasteiger partial charge in [0.1, 0.15) is 0 Å². The summed E-state index contributed by atoms with van der Waals surface area (Å²) in [7, 11) is 0. The lowest BCUT2D eigenvalue weighted by Gasteiger charge is -2.14. The van der Waals surface area contributed by atoms with Gasteiger partial charge in [-0.2, -0.15) is 0 Å². The van der Waals surface area contributed by atoms with E-state index in [9.17, 15) is 4.79 Å². The Balaban J connectivity index is 2.58. The van der Waals surface area contributed by atoms with Crippen LogP contribution in [0.15, 0.2) is 22.0 Å². The van der Waals surface area contributed by atoms with Crippen molar-refractivity contribution in [2.75, 3.05) is 0 Å². The SMILES string of the molecule is CCc1cc(CC)c(C(=O)c2cc(C)c(Br)s2)c(CC)c1. The van der Waals surface area contributed by atoms with Gasteiger partial charge in [-0.3, -0.25) is 4.79 Å². The Kier molecular flexibility index (Phi) is 5.39. The Morgan fingerprint density at radius 1 is 1.05 bits per heavy atom. The minimum absolute atomic E-state index is 0.171. The molecule has 21 heavy (non-hydrogen) atoms. The van der Waals surface area contributed by atoms with Crippen LogP contribution in [0.3, 0.4) is 0 Å². The third-order valence-electron chi connectivity index (χ3n) is 3.84. The van der Waals surface area contributed by atoms with E-state index in [1.54, 1.807) is 0 Å². The molecule has 3 heteroatoms. The fourth-order valence-corrected chi connectivity index (χ4v) is 4.07. The molecule has 0 atom stereocenters. The number of ketones is 1. The van der Waals surface area contributed by atoms with Gasteiger partial charge in [0.15, 0.2) is 0 Å². The van der Waals surface area contributed by atoms with E-state index in [1.807, 2.05) is 13.0 Å². The van der Waals surface area contributed by atoms with Gasteiger partial charge in [-0.15, -0.1) is 11.3 Å². The molecule has 0 saturated carbocycles. The first kappa shape index (κ1) is 16.4. The number of carbonyl (C=O) groups excluding carboxylic acids is 1. The van der Waals surface area contributed by atoms with Crippen molar-refractivity contribution in [3.63, 3.8) is 0 Å². The lowest BCUT2D eigenvalue weighted by Crippen LogP contribution is -2.09. The van der Waals surface area contributed by atoms with Gasteiger partial charge in [-0.05, 0) is 70.4 Å². The summed E-state index contributed by atoms with van der Waals surface area (Å²) in [6, 6.07) is 6.38. The van der Waals surface area contributed by atoms with Gasteiger partial charge in [-0.25, -0.2) is 0 Å². The Morgan fingerprint density at radius 3 is 2.00 bits per heavy atom. The Labute approximate surface area is 139 Å². The topological polar surface area (TPSA) is 17.1 Å². The average molecular weight is 365 g/mol. The number of hydrogen-bond donors (Lipinski definition) is 0. The number of carbonyl (C=O) groups is 1. The van der Waals surface area contributed by atoms with Crippen LogP contribution in [0.25, 0.3) is 0 Å². The van der Waals surface area contributed by atoms with Gasteiger partial charge >= 0.3 is 0 Å². The zero-order chi connectivity index (χ0) is 15.6. The highest BCUT2D eigenvalue weighted by molar-refractivity contribution is 9.11. The highest BCUT2D eigenvalue weighted by Crippen LogP contribution is 2.31. The van der Waals surface area contributed by atoms with E-state index in [0.717, 1.165) is 39.1 Å². The molecule has 0 fully saturated rings. The first-order valence-electron chi connectivity index (χ1n) is 7.47. The second-order valence-corrected chi connectivity index (χ2v) is 7.62. The van der Waals surface area contributed by atoms with Crippen molar-refractivity contribution < 1.29 is 4.79 Å². The van der Waals surface area contributed by atoms with Crippen molar-refractivity contribution in [3.05, 3.63) is 54.7 Å². The maximum absolute atomic E-state index is 13.0. The molecule has 0 N–H and O–H groups in total. The highest BCUT2D eigenvalue weighted by Gasteiger charge is 2.20. The summed E-state index contributed by atoms with van der Waals surface area (Å²) < 4.78 is 1.05. The standard InChI is InChI=1S/C18H21BrOS/c1-5-12-9-13(6-2)16(14(7-3)10-12)17(20)15-8-11(4)18(19)21-15/h8-10H,5-7H2,1-4H3. The third-order valence-corrected chi connectivity index (χ3v) is 5.97. The van der Waals surface area contributed by atoms with Crippen LogP contribution in [0.2, 0.25) is 0 Å². The summed E-state index contributed by atoms with van der Waals surface area (Å²) in [4.78, 5) is 13.8. The molecule has 0 aliphatic heterocycles. The summed E-state index contributed by atoms with van der Waals surface area (Å²) in [6.07, 6.45) is 2.80. The van der Waals surface area contributed by atoms with Gasteiger partial charge in [0.25, 0.3) is 0 Å². The second-order valence-electron chi connectivity index (χ2n) is 5.25. The zero-order valence-electron chi connectivity index (χ0n) is 13.0. The minimum atomic E-state index is 0.171. The maximum Gasteiger partial charge on any atom is 0.203 e. The van der Waals surface area contributed by atoms with Crippen molar-refractivity contribution in [2.24, 2.45) is 0 Å². The molecule has 1 aromatic carbocycles. The summed E-state index contributed by atoms with van der Waals surface area (Å²) >= 11 is 5.05. The third kappa shape index (κ3) is 3.29. The molecule has 0 aliphatic rings. The molecule has 1 heterocycles. The molecule has 112 valence electrons. The molecule has 0 unspecified atom stereocenters. The van der Waals surface area contributed by atoms with Crippen molar-refractivity contribution in [1.82, 2.24) is 0 Å². The number of aryl methyl sites for hydroxylation is 4. The molecule has 2 aromatic rings. The highest BCUT2D eigenvalue weighted by atomic mass is 79.9. The van der Waals surface area contributed by atoms with Gasteiger partial charge in [0.2, 0.25) is 5.78 Å². The number of thiophene rings is 1. The van der Waals surface area contributed by atoms with E-state index in [-0.39, 0.29) is 5.78 Å². The molecule has 0 aliphatic carbocycles. The van der Waals surface area contributed by atoms with E-state index in [1.165, 1.54) is 28.0 Å². The van der Waals surface area contributed by atoms with Crippen molar-refractivity contribution >= 4 is 33.0 Å². The van der Waals surface area contributed by atoms with E-state index in [4.69, 9.17) is 0 Å². The van der Waals surface area contributed by atoms with E-state index in [2.05, 4.69) is 48.8 Å². The fraction of sp³-hybridized carbons (Fsp3) is 0.389. The Bertz CT molecular complexity index is 625. The number of rotatable bonds is 5. The first-order chi connectivity index (χ1) is 10.0. The largest absolute Gasteiger partial charge is 0.288 e. The van der Waals surface area contributed by atoms with Crippen LogP contribution in [0.4, 0.5) is 0 Å². The molecule has 2 rings (SSSR count). The molecular formula is C18H21BrOS.